The normalized spacial score (nSPS) is 14.5. The molecule has 0 bridgehead atoms. The third-order valence-electron chi connectivity index (χ3n) is 8.23. The minimum atomic E-state index is -4.77. The van der Waals surface area contributed by atoms with E-state index in [9.17, 15) is 34.1 Å². The van der Waals surface area contributed by atoms with Gasteiger partial charge in [0, 0.05) is 12.8 Å². The number of rotatable bonds is 37. The molecule has 0 aliphatic rings. The number of phosphoric acid groups is 1. The van der Waals surface area contributed by atoms with Crippen LogP contribution < -0.4 is 5.32 Å². The Morgan fingerprint density at radius 1 is 0.600 bits per heavy atom. The highest BCUT2D eigenvalue weighted by molar-refractivity contribution is 7.47. The highest BCUT2D eigenvalue weighted by atomic mass is 31.2. The largest absolute Gasteiger partial charge is 0.480 e. The number of amides is 1. The molecule has 55 heavy (non-hydrogen) atoms. The van der Waals surface area contributed by atoms with E-state index in [1.54, 1.807) is 0 Å². The highest BCUT2D eigenvalue weighted by Gasteiger charge is 2.28. The third kappa shape index (κ3) is 37.6. The first-order chi connectivity index (χ1) is 26.6. The second-order valence-corrected chi connectivity index (χ2v) is 14.9. The number of allylic oxidation sites excluding steroid dienone is 12. The van der Waals surface area contributed by atoms with Crippen molar-refractivity contribution in [3.63, 3.8) is 0 Å². The number of carbonyl (C=O) groups is 3. The van der Waals surface area contributed by atoms with E-state index in [2.05, 4.69) is 79.9 Å². The zero-order valence-electron chi connectivity index (χ0n) is 33.7. The van der Waals surface area contributed by atoms with Crippen molar-refractivity contribution in [2.75, 3.05) is 19.8 Å². The molecular weight excluding hydrogens is 721 g/mol. The number of hydrogen-bond donors (Lipinski definition) is 4. The van der Waals surface area contributed by atoms with Crippen molar-refractivity contribution in [3.8, 4) is 0 Å². The summed E-state index contributed by atoms with van der Waals surface area (Å²) in [5.74, 6) is -2.47. The molecule has 12 heteroatoms. The lowest BCUT2D eigenvalue weighted by Crippen LogP contribution is -2.43. The Kier molecular flexibility index (Phi) is 35.7. The van der Waals surface area contributed by atoms with Gasteiger partial charge in [-0.2, -0.15) is 0 Å². The van der Waals surface area contributed by atoms with Crippen LogP contribution in [0.5, 0.6) is 0 Å². The molecule has 0 radical (unpaired) electrons. The Labute approximate surface area is 331 Å². The summed E-state index contributed by atoms with van der Waals surface area (Å²) in [6.07, 6.45) is 43.7. The van der Waals surface area contributed by atoms with Crippen molar-refractivity contribution in [1.29, 1.82) is 0 Å². The summed E-state index contributed by atoms with van der Waals surface area (Å²) >= 11 is 0. The summed E-state index contributed by atoms with van der Waals surface area (Å²) in [6.45, 7) is 2.39. The van der Waals surface area contributed by atoms with Gasteiger partial charge in [-0.15, -0.1) is 0 Å². The van der Waals surface area contributed by atoms with E-state index in [4.69, 9.17) is 13.8 Å². The molecule has 0 aliphatic carbocycles. The number of esters is 1. The molecule has 3 unspecified atom stereocenters. The molecule has 0 spiro atoms. The number of ether oxygens (including phenoxy) is 1. The van der Waals surface area contributed by atoms with Gasteiger partial charge in [-0.3, -0.25) is 18.6 Å². The van der Waals surface area contributed by atoms with E-state index < -0.39 is 57.6 Å². The first-order valence-electron chi connectivity index (χ1n) is 20.5. The molecule has 0 aromatic heterocycles. The Bertz CT molecular complexity index is 1210. The fourth-order valence-electron chi connectivity index (χ4n) is 5.05. The lowest BCUT2D eigenvalue weighted by molar-refractivity contribution is -0.147. The maximum absolute atomic E-state index is 12.3. The van der Waals surface area contributed by atoms with Gasteiger partial charge in [-0.05, 0) is 77.0 Å². The number of unbranched alkanes of at least 4 members (excludes halogenated alkanes) is 11. The number of aliphatic hydroxyl groups is 1. The van der Waals surface area contributed by atoms with E-state index in [-0.39, 0.29) is 12.8 Å². The SMILES string of the molecule is CC/C=C\C/C=C\C/C=C\C/C=C\C/C=C\CCCC(=O)NC(COP(=O)(O)OCC(O)COC(=O)CCCCCCC/C=C\CCCCCCC)C(=O)O. The maximum atomic E-state index is 12.3. The summed E-state index contributed by atoms with van der Waals surface area (Å²) in [4.78, 5) is 45.8. The quantitative estimate of drug-likeness (QED) is 0.0206. The Morgan fingerprint density at radius 2 is 1.07 bits per heavy atom. The lowest BCUT2D eigenvalue weighted by atomic mass is 10.1. The molecule has 0 heterocycles. The zero-order valence-corrected chi connectivity index (χ0v) is 34.6. The van der Waals surface area contributed by atoms with Gasteiger partial charge >= 0.3 is 19.8 Å². The Balaban J connectivity index is 4.05. The average Bonchev–Trinajstić information content (AvgIpc) is 3.16. The van der Waals surface area contributed by atoms with Crippen LogP contribution in [-0.4, -0.2) is 64.9 Å². The molecule has 4 N–H and O–H groups in total. The molecule has 0 aromatic rings. The first kappa shape index (κ1) is 51.9. The number of aliphatic carboxylic acids is 1. The number of carboxylic acid groups (broad SMARTS) is 1. The van der Waals surface area contributed by atoms with Gasteiger partial charge < -0.3 is 25.2 Å². The van der Waals surface area contributed by atoms with Crippen LogP contribution in [0, 0.1) is 0 Å². The van der Waals surface area contributed by atoms with E-state index in [1.165, 1.54) is 32.1 Å². The smallest absolute Gasteiger partial charge is 0.472 e. The Hall–Kier alpha value is -3.08. The van der Waals surface area contributed by atoms with Crippen LogP contribution >= 0.6 is 7.82 Å². The van der Waals surface area contributed by atoms with E-state index >= 15 is 0 Å². The minimum absolute atomic E-state index is 0.0630. The zero-order chi connectivity index (χ0) is 40.7. The number of nitrogens with one attached hydrogen (secondary N) is 1. The van der Waals surface area contributed by atoms with Gasteiger partial charge in [0.15, 0.2) is 6.04 Å². The molecular formula is C43H72NO10P. The Morgan fingerprint density at radius 3 is 1.64 bits per heavy atom. The third-order valence-corrected chi connectivity index (χ3v) is 9.18. The van der Waals surface area contributed by atoms with Crippen molar-refractivity contribution in [2.45, 2.75) is 161 Å². The fourth-order valence-corrected chi connectivity index (χ4v) is 5.82. The average molecular weight is 794 g/mol. The molecule has 0 saturated heterocycles. The second kappa shape index (κ2) is 37.8. The van der Waals surface area contributed by atoms with Crippen molar-refractivity contribution in [1.82, 2.24) is 5.32 Å². The molecule has 0 saturated carbocycles. The molecule has 314 valence electrons. The van der Waals surface area contributed by atoms with Crippen LogP contribution in [0.25, 0.3) is 0 Å². The molecule has 1 amide bonds. The molecule has 0 rings (SSSR count). The van der Waals surface area contributed by atoms with Crippen LogP contribution in [0.4, 0.5) is 0 Å². The molecule has 3 atom stereocenters. The number of carboxylic acids is 1. The number of carbonyl (C=O) groups excluding carboxylic acids is 2. The molecule has 11 nitrogen and oxygen atoms in total. The van der Waals surface area contributed by atoms with Gasteiger partial charge in [-0.25, -0.2) is 9.36 Å². The highest BCUT2D eigenvalue weighted by Crippen LogP contribution is 2.43. The number of aliphatic hydroxyl groups excluding tert-OH is 1. The number of hydrogen-bond acceptors (Lipinski definition) is 8. The predicted octanol–water partition coefficient (Wildman–Crippen LogP) is 10.2. The topological polar surface area (TPSA) is 169 Å². The van der Waals surface area contributed by atoms with Crippen LogP contribution in [0.3, 0.4) is 0 Å². The van der Waals surface area contributed by atoms with Gasteiger partial charge in [0.05, 0.1) is 13.2 Å². The van der Waals surface area contributed by atoms with Crippen molar-refractivity contribution >= 4 is 25.7 Å². The summed E-state index contributed by atoms with van der Waals surface area (Å²) in [5, 5.41) is 21.7. The van der Waals surface area contributed by atoms with Crippen LogP contribution in [-0.2, 0) is 32.7 Å². The second-order valence-electron chi connectivity index (χ2n) is 13.4. The monoisotopic (exact) mass is 793 g/mol. The maximum Gasteiger partial charge on any atom is 0.472 e. The van der Waals surface area contributed by atoms with Gasteiger partial charge in [-0.1, -0.05) is 132 Å². The summed E-state index contributed by atoms with van der Waals surface area (Å²) in [5.41, 5.74) is 0. The van der Waals surface area contributed by atoms with E-state index in [0.717, 1.165) is 70.6 Å². The molecule has 0 aliphatic heterocycles. The summed E-state index contributed by atoms with van der Waals surface area (Å²) in [7, 11) is -4.77. The van der Waals surface area contributed by atoms with E-state index in [0.29, 0.717) is 19.3 Å². The minimum Gasteiger partial charge on any atom is -0.480 e. The summed E-state index contributed by atoms with van der Waals surface area (Å²) in [6, 6.07) is -1.58. The van der Waals surface area contributed by atoms with Gasteiger partial charge in [0.1, 0.15) is 12.7 Å². The van der Waals surface area contributed by atoms with Crippen LogP contribution in [0.2, 0.25) is 0 Å². The number of phosphoric ester groups is 1. The predicted molar refractivity (Wildman–Crippen MR) is 221 cm³/mol. The van der Waals surface area contributed by atoms with Crippen molar-refractivity contribution in [3.05, 3.63) is 72.9 Å². The fraction of sp³-hybridized carbons (Fsp3) is 0.651. The lowest BCUT2D eigenvalue weighted by Gasteiger charge is -2.18. The first-order valence-corrected chi connectivity index (χ1v) is 22.0. The standard InChI is InChI=1S/C43H72NO10P/c1-3-5-7-9-11-13-15-17-19-20-21-22-24-26-28-30-32-34-41(46)44-40(43(48)49)38-54-55(50,51)53-37-39(45)36-52-42(47)35-33-31-29-27-25-23-18-16-14-12-10-8-6-4-2/h5,7,11,13,16-19,21-22,26,28,39-40,45H,3-4,6,8-10,12,14-15,20,23-25,27,29-38H2,1-2H3,(H,44,46)(H,48,49)(H,50,51)/b7-5-,13-11-,18-16-,19-17-,22-21-,28-26-. The molecule has 0 fully saturated rings. The summed E-state index contributed by atoms with van der Waals surface area (Å²) < 4.78 is 26.7. The van der Waals surface area contributed by atoms with Crippen LogP contribution in [0.15, 0.2) is 72.9 Å². The van der Waals surface area contributed by atoms with Gasteiger partial charge in [0.2, 0.25) is 5.91 Å². The van der Waals surface area contributed by atoms with Crippen molar-refractivity contribution < 1.29 is 47.8 Å². The molecule has 0 aromatic carbocycles. The van der Waals surface area contributed by atoms with Gasteiger partial charge in [0.25, 0.3) is 0 Å². The van der Waals surface area contributed by atoms with Crippen LogP contribution in [0.1, 0.15) is 149 Å². The van der Waals surface area contributed by atoms with Crippen molar-refractivity contribution in [2.24, 2.45) is 0 Å². The van der Waals surface area contributed by atoms with E-state index in [1.807, 2.05) is 12.2 Å².